The van der Waals surface area contributed by atoms with Gasteiger partial charge in [-0.25, -0.2) is 0 Å². The molecule has 0 radical (unpaired) electrons. The van der Waals surface area contributed by atoms with Gasteiger partial charge in [0, 0.05) is 18.6 Å². The molecule has 2 aliphatic heterocycles. The molecule has 1 saturated heterocycles. The first-order chi connectivity index (χ1) is 10.2. The van der Waals surface area contributed by atoms with Crippen molar-refractivity contribution in [1.29, 1.82) is 0 Å². The number of halogens is 1. The van der Waals surface area contributed by atoms with E-state index < -0.39 is 0 Å². The predicted octanol–water partition coefficient (Wildman–Crippen LogP) is 2.55. The zero-order valence-corrected chi connectivity index (χ0v) is 14.0. The molecule has 0 aliphatic carbocycles. The number of ether oxygens (including phenoxy) is 3. The van der Waals surface area contributed by atoms with Gasteiger partial charge < -0.3 is 19.9 Å². The van der Waals surface area contributed by atoms with Crippen LogP contribution in [0.15, 0.2) is 12.1 Å². The maximum absolute atomic E-state index is 6.15. The molecule has 2 N–H and O–H groups in total. The minimum Gasteiger partial charge on any atom is -0.493 e. The number of methoxy groups -OCH3 is 1. The van der Waals surface area contributed by atoms with E-state index in [1.165, 1.54) is 24.8 Å². The zero-order chi connectivity index (χ0) is 14.8. The van der Waals surface area contributed by atoms with Crippen LogP contribution in [0.1, 0.15) is 31.7 Å². The summed E-state index contributed by atoms with van der Waals surface area (Å²) in [5, 5.41) is 0. The highest BCUT2D eigenvalue weighted by atomic mass is 35.5. The Morgan fingerprint density at radius 1 is 1.36 bits per heavy atom. The van der Waals surface area contributed by atoms with Crippen LogP contribution in [0, 0.1) is 0 Å². The number of piperidine rings is 1. The fraction of sp³-hybridized carbons (Fsp3) is 0.625. The summed E-state index contributed by atoms with van der Waals surface area (Å²) in [4.78, 5) is 2.48. The second-order valence-electron chi connectivity index (χ2n) is 5.92. The normalized spacial score (nSPS) is 22.0. The molecule has 2 atom stereocenters. The summed E-state index contributed by atoms with van der Waals surface area (Å²) < 4.78 is 16.4. The monoisotopic (exact) mass is 328 g/mol. The highest BCUT2D eigenvalue weighted by Gasteiger charge is 2.27. The van der Waals surface area contributed by atoms with Gasteiger partial charge in [0.1, 0.15) is 0 Å². The van der Waals surface area contributed by atoms with Crippen molar-refractivity contribution in [2.24, 2.45) is 5.73 Å². The molecule has 0 amide bonds. The van der Waals surface area contributed by atoms with E-state index >= 15 is 0 Å². The first-order valence-electron chi connectivity index (χ1n) is 7.65. The van der Waals surface area contributed by atoms with Gasteiger partial charge >= 0.3 is 0 Å². The molecule has 124 valence electrons. The summed E-state index contributed by atoms with van der Waals surface area (Å²) in [6.07, 6.45) is 3.69. The van der Waals surface area contributed by atoms with Crippen LogP contribution in [-0.4, -0.2) is 37.4 Å². The molecule has 2 aliphatic rings. The lowest BCUT2D eigenvalue weighted by Gasteiger charge is -2.38. The van der Waals surface area contributed by atoms with Crippen molar-refractivity contribution in [2.45, 2.75) is 44.8 Å². The van der Waals surface area contributed by atoms with Crippen molar-refractivity contribution in [3.8, 4) is 17.2 Å². The molecule has 0 saturated carbocycles. The molecule has 1 aromatic carbocycles. The molecule has 3 rings (SSSR count). The van der Waals surface area contributed by atoms with Crippen molar-refractivity contribution >= 4 is 12.4 Å². The maximum atomic E-state index is 6.15. The summed E-state index contributed by atoms with van der Waals surface area (Å²) in [7, 11) is 1.66. The lowest BCUT2D eigenvalue weighted by Crippen LogP contribution is -2.48. The van der Waals surface area contributed by atoms with E-state index in [4.69, 9.17) is 19.9 Å². The van der Waals surface area contributed by atoms with Crippen LogP contribution in [0.4, 0.5) is 0 Å². The van der Waals surface area contributed by atoms with Gasteiger partial charge in [-0.3, -0.25) is 4.90 Å². The lowest BCUT2D eigenvalue weighted by molar-refractivity contribution is 0.123. The van der Waals surface area contributed by atoms with E-state index in [0.717, 1.165) is 24.6 Å². The topological polar surface area (TPSA) is 57.0 Å². The summed E-state index contributed by atoms with van der Waals surface area (Å²) >= 11 is 0. The maximum Gasteiger partial charge on any atom is 0.231 e. The molecule has 1 fully saturated rings. The fourth-order valence-electron chi connectivity index (χ4n) is 3.32. The first-order valence-corrected chi connectivity index (χ1v) is 7.65. The number of rotatable bonds is 4. The zero-order valence-electron chi connectivity index (χ0n) is 13.2. The van der Waals surface area contributed by atoms with E-state index in [1.54, 1.807) is 7.11 Å². The van der Waals surface area contributed by atoms with Crippen LogP contribution in [-0.2, 0) is 6.54 Å². The van der Waals surface area contributed by atoms with Crippen LogP contribution in [0.25, 0.3) is 0 Å². The van der Waals surface area contributed by atoms with Crippen molar-refractivity contribution in [3.05, 3.63) is 17.7 Å². The largest absolute Gasteiger partial charge is 0.493 e. The first kappa shape index (κ1) is 17.2. The Morgan fingerprint density at radius 2 is 2.18 bits per heavy atom. The Morgan fingerprint density at radius 3 is 2.91 bits per heavy atom. The molecule has 0 aromatic heterocycles. The minimum absolute atomic E-state index is 0. The summed E-state index contributed by atoms with van der Waals surface area (Å²) in [5.41, 5.74) is 7.33. The van der Waals surface area contributed by atoms with E-state index in [2.05, 4.69) is 17.9 Å². The quantitative estimate of drug-likeness (QED) is 0.920. The van der Waals surface area contributed by atoms with Gasteiger partial charge in [-0.05, 0) is 44.0 Å². The molecular weight excluding hydrogens is 304 g/mol. The molecule has 2 unspecified atom stereocenters. The van der Waals surface area contributed by atoms with Crippen LogP contribution >= 0.6 is 12.4 Å². The average molecular weight is 329 g/mol. The molecule has 1 aromatic rings. The number of fused-ring (bicyclic) bond motifs is 1. The molecule has 2 heterocycles. The number of benzene rings is 1. The Balaban J connectivity index is 0.00000176. The highest BCUT2D eigenvalue weighted by molar-refractivity contribution is 5.85. The van der Waals surface area contributed by atoms with Gasteiger partial charge in [-0.2, -0.15) is 0 Å². The highest BCUT2D eigenvalue weighted by Crippen LogP contribution is 2.42. The molecule has 22 heavy (non-hydrogen) atoms. The van der Waals surface area contributed by atoms with Gasteiger partial charge in [0.05, 0.1) is 7.11 Å². The SMILES string of the molecule is COc1cc(CN2CCCCC2C(C)N)cc2c1OCO2.Cl. The smallest absolute Gasteiger partial charge is 0.231 e. The van der Waals surface area contributed by atoms with Crippen molar-refractivity contribution in [1.82, 2.24) is 4.90 Å². The Hall–Kier alpha value is -1.17. The predicted molar refractivity (Wildman–Crippen MR) is 88.1 cm³/mol. The van der Waals surface area contributed by atoms with Gasteiger partial charge in [0.15, 0.2) is 11.5 Å². The van der Waals surface area contributed by atoms with Gasteiger partial charge in [0.2, 0.25) is 12.5 Å². The summed E-state index contributed by atoms with van der Waals surface area (Å²) in [6, 6.07) is 4.74. The Bertz CT molecular complexity index is 510. The minimum atomic E-state index is 0. The molecule has 0 bridgehead atoms. The van der Waals surface area contributed by atoms with E-state index in [9.17, 15) is 0 Å². The average Bonchev–Trinajstić information content (AvgIpc) is 2.95. The second kappa shape index (κ2) is 7.40. The van der Waals surface area contributed by atoms with Crippen LogP contribution in [0.2, 0.25) is 0 Å². The van der Waals surface area contributed by atoms with E-state index in [1.807, 2.05) is 6.07 Å². The third kappa shape index (κ3) is 3.42. The molecule has 6 heteroatoms. The number of likely N-dealkylation sites (tertiary alicyclic amines) is 1. The Kier molecular flexibility index (Phi) is 5.78. The van der Waals surface area contributed by atoms with Crippen molar-refractivity contribution in [2.75, 3.05) is 20.4 Å². The molecular formula is C16H25ClN2O3. The second-order valence-corrected chi connectivity index (χ2v) is 5.92. The number of nitrogens with zero attached hydrogens (tertiary/aromatic N) is 1. The third-order valence-electron chi connectivity index (χ3n) is 4.37. The third-order valence-corrected chi connectivity index (χ3v) is 4.37. The molecule has 5 nitrogen and oxygen atoms in total. The van der Waals surface area contributed by atoms with Crippen LogP contribution < -0.4 is 19.9 Å². The van der Waals surface area contributed by atoms with Crippen LogP contribution in [0.3, 0.4) is 0 Å². The summed E-state index contributed by atoms with van der Waals surface area (Å²) in [6.45, 7) is 4.34. The van der Waals surface area contributed by atoms with Crippen LogP contribution in [0.5, 0.6) is 17.2 Å². The summed E-state index contributed by atoms with van der Waals surface area (Å²) in [5.74, 6) is 2.23. The number of nitrogens with two attached hydrogens (primary N) is 1. The van der Waals surface area contributed by atoms with E-state index in [-0.39, 0.29) is 25.2 Å². The molecule has 0 spiro atoms. The standard InChI is InChI=1S/C16H24N2O3.ClH/c1-11(17)13-5-3-4-6-18(13)9-12-7-14(19-2)16-15(8-12)20-10-21-16;/h7-8,11,13H,3-6,9-10,17H2,1-2H3;1H. The van der Waals surface area contributed by atoms with Crippen molar-refractivity contribution < 1.29 is 14.2 Å². The van der Waals surface area contributed by atoms with Gasteiger partial charge in [0.25, 0.3) is 0 Å². The van der Waals surface area contributed by atoms with E-state index in [0.29, 0.717) is 11.8 Å². The fourth-order valence-corrected chi connectivity index (χ4v) is 3.32. The van der Waals surface area contributed by atoms with Gasteiger partial charge in [-0.15, -0.1) is 12.4 Å². The number of hydrogen-bond acceptors (Lipinski definition) is 5. The van der Waals surface area contributed by atoms with Crippen molar-refractivity contribution in [3.63, 3.8) is 0 Å². The Labute approximate surface area is 138 Å². The lowest BCUT2D eigenvalue weighted by atomic mass is 9.96. The van der Waals surface area contributed by atoms with Gasteiger partial charge in [-0.1, -0.05) is 6.42 Å². The number of hydrogen-bond donors (Lipinski definition) is 1.